The van der Waals surface area contributed by atoms with Gasteiger partial charge in [0.25, 0.3) is 0 Å². The fourth-order valence-corrected chi connectivity index (χ4v) is 3.10. The first kappa shape index (κ1) is 15.6. The van der Waals surface area contributed by atoms with Crippen molar-refractivity contribution in [2.24, 2.45) is 11.7 Å². The summed E-state index contributed by atoms with van der Waals surface area (Å²) < 4.78 is 0. The van der Waals surface area contributed by atoms with Crippen molar-refractivity contribution in [1.29, 1.82) is 0 Å². The monoisotopic (exact) mass is 295 g/mol. The molecule has 2 N–H and O–H groups in total. The maximum atomic E-state index is 6.06. The zero-order valence-electron chi connectivity index (χ0n) is 12.4. The number of piperazine rings is 1. The Morgan fingerprint density at radius 2 is 2.00 bits per heavy atom. The molecule has 1 aromatic carbocycles. The summed E-state index contributed by atoms with van der Waals surface area (Å²) >= 11 is 6.06. The molecule has 4 heteroatoms. The van der Waals surface area contributed by atoms with Gasteiger partial charge in [-0.3, -0.25) is 4.90 Å². The summed E-state index contributed by atoms with van der Waals surface area (Å²) in [6.07, 6.45) is 2.47. The first-order valence-corrected chi connectivity index (χ1v) is 8.03. The van der Waals surface area contributed by atoms with E-state index in [0.717, 1.165) is 44.3 Å². The molecule has 0 aromatic heterocycles. The Morgan fingerprint density at radius 1 is 1.25 bits per heavy atom. The Hall–Kier alpha value is -0.770. The van der Waals surface area contributed by atoms with Crippen LogP contribution >= 0.6 is 11.6 Å². The molecule has 0 bridgehead atoms. The zero-order valence-corrected chi connectivity index (χ0v) is 13.1. The van der Waals surface area contributed by atoms with Crippen molar-refractivity contribution in [1.82, 2.24) is 4.90 Å². The van der Waals surface area contributed by atoms with Crippen LogP contribution in [0.25, 0.3) is 0 Å². The Kier molecular flexibility index (Phi) is 6.14. The van der Waals surface area contributed by atoms with E-state index < -0.39 is 0 Å². The highest BCUT2D eigenvalue weighted by atomic mass is 35.5. The molecule has 1 saturated heterocycles. The van der Waals surface area contributed by atoms with E-state index in [1.54, 1.807) is 0 Å². The SMILES string of the molecule is CCCC(CN)CN1CCN(c2cccc(Cl)c2)CC1. The number of nitrogens with two attached hydrogens (primary N) is 1. The van der Waals surface area contributed by atoms with Crippen molar-refractivity contribution in [3.8, 4) is 0 Å². The van der Waals surface area contributed by atoms with Gasteiger partial charge in [-0.15, -0.1) is 0 Å². The first-order valence-electron chi connectivity index (χ1n) is 7.66. The van der Waals surface area contributed by atoms with Gasteiger partial charge in [0.05, 0.1) is 0 Å². The fraction of sp³-hybridized carbons (Fsp3) is 0.625. The van der Waals surface area contributed by atoms with E-state index in [0.29, 0.717) is 5.92 Å². The average Bonchev–Trinajstić information content (AvgIpc) is 2.47. The largest absolute Gasteiger partial charge is 0.369 e. The highest BCUT2D eigenvalue weighted by Gasteiger charge is 2.19. The highest BCUT2D eigenvalue weighted by molar-refractivity contribution is 6.30. The maximum absolute atomic E-state index is 6.06. The van der Waals surface area contributed by atoms with Crippen LogP contribution in [0.5, 0.6) is 0 Å². The van der Waals surface area contributed by atoms with Crippen LogP contribution in [0.15, 0.2) is 24.3 Å². The molecule has 1 aromatic rings. The van der Waals surface area contributed by atoms with Crippen molar-refractivity contribution in [3.63, 3.8) is 0 Å². The van der Waals surface area contributed by atoms with E-state index >= 15 is 0 Å². The molecule has 0 amide bonds. The molecule has 0 aliphatic carbocycles. The third kappa shape index (κ3) is 4.37. The van der Waals surface area contributed by atoms with Crippen molar-refractivity contribution in [2.75, 3.05) is 44.2 Å². The summed E-state index contributed by atoms with van der Waals surface area (Å²) in [5, 5.41) is 0.816. The molecule has 0 spiro atoms. The lowest BCUT2D eigenvalue weighted by atomic mass is 10.0. The molecule has 0 saturated carbocycles. The molecule has 0 radical (unpaired) electrons. The van der Waals surface area contributed by atoms with Gasteiger partial charge in [-0.1, -0.05) is 31.0 Å². The number of hydrogen-bond acceptors (Lipinski definition) is 3. The number of halogens is 1. The van der Waals surface area contributed by atoms with Gasteiger partial charge in [0.15, 0.2) is 0 Å². The van der Waals surface area contributed by atoms with E-state index in [2.05, 4.69) is 28.9 Å². The predicted octanol–water partition coefficient (Wildman–Crippen LogP) is 2.84. The van der Waals surface area contributed by atoms with Crippen LogP contribution in [0.3, 0.4) is 0 Å². The van der Waals surface area contributed by atoms with Crippen LogP contribution in [-0.4, -0.2) is 44.2 Å². The lowest BCUT2D eigenvalue weighted by Gasteiger charge is -2.37. The second-order valence-corrected chi connectivity index (χ2v) is 6.09. The number of benzene rings is 1. The maximum Gasteiger partial charge on any atom is 0.0426 e. The fourth-order valence-electron chi connectivity index (χ4n) is 2.92. The van der Waals surface area contributed by atoms with E-state index in [1.807, 2.05) is 12.1 Å². The molecule has 1 heterocycles. The van der Waals surface area contributed by atoms with Crippen LogP contribution in [0.2, 0.25) is 5.02 Å². The van der Waals surface area contributed by atoms with Crippen LogP contribution in [-0.2, 0) is 0 Å². The van der Waals surface area contributed by atoms with Gasteiger partial charge in [0.1, 0.15) is 0 Å². The van der Waals surface area contributed by atoms with E-state index in [9.17, 15) is 0 Å². The van der Waals surface area contributed by atoms with Gasteiger partial charge in [-0.25, -0.2) is 0 Å². The summed E-state index contributed by atoms with van der Waals surface area (Å²) in [7, 11) is 0. The van der Waals surface area contributed by atoms with Gasteiger partial charge in [0.2, 0.25) is 0 Å². The highest BCUT2D eigenvalue weighted by Crippen LogP contribution is 2.21. The summed E-state index contributed by atoms with van der Waals surface area (Å²) in [6.45, 7) is 8.57. The van der Waals surface area contributed by atoms with Crippen molar-refractivity contribution in [3.05, 3.63) is 29.3 Å². The number of rotatable bonds is 6. The molecule has 112 valence electrons. The molecular weight excluding hydrogens is 270 g/mol. The summed E-state index contributed by atoms with van der Waals surface area (Å²) in [5.41, 5.74) is 7.10. The number of hydrogen-bond donors (Lipinski definition) is 1. The lowest BCUT2D eigenvalue weighted by molar-refractivity contribution is 0.215. The molecule has 20 heavy (non-hydrogen) atoms. The summed E-state index contributed by atoms with van der Waals surface area (Å²) in [4.78, 5) is 4.97. The Labute approximate surface area is 127 Å². The Morgan fingerprint density at radius 3 is 2.60 bits per heavy atom. The molecule has 3 nitrogen and oxygen atoms in total. The molecule has 1 aliphatic rings. The Balaban J connectivity index is 1.83. The molecule has 1 fully saturated rings. The molecular formula is C16H26ClN3. The molecule has 1 atom stereocenters. The van der Waals surface area contributed by atoms with E-state index in [-0.39, 0.29) is 0 Å². The molecule has 1 unspecified atom stereocenters. The third-order valence-electron chi connectivity index (χ3n) is 4.09. The van der Waals surface area contributed by atoms with Gasteiger partial charge in [-0.2, -0.15) is 0 Å². The lowest BCUT2D eigenvalue weighted by Crippen LogP contribution is -2.48. The van der Waals surface area contributed by atoms with Crippen molar-refractivity contribution < 1.29 is 0 Å². The zero-order chi connectivity index (χ0) is 14.4. The third-order valence-corrected chi connectivity index (χ3v) is 4.33. The van der Waals surface area contributed by atoms with E-state index in [4.69, 9.17) is 17.3 Å². The Bertz CT molecular complexity index is 402. The average molecular weight is 296 g/mol. The van der Waals surface area contributed by atoms with Crippen LogP contribution in [0.1, 0.15) is 19.8 Å². The number of anilines is 1. The predicted molar refractivity (Wildman–Crippen MR) is 87.6 cm³/mol. The van der Waals surface area contributed by atoms with Crippen LogP contribution < -0.4 is 10.6 Å². The first-order chi connectivity index (χ1) is 9.72. The topological polar surface area (TPSA) is 32.5 Å². The van der Waals surface area contributed by atoms with Gasteiger partial charge in [-0.05, 0) is 37.1 Å². The van der Waals surface area contributed by atoms with Gasteiger partial charge >= 0.3 is 0 Å². The van der Waals surface area contributed by atoms with Gasteiger partial charge in [0, 0.05) is 43.4 Å². The van der Waals surface area contributed by atoms with Crippen molar-refractivity contribution >= 4 is 17.3 Å². The number of nitrogens with zero attached hydrogens (tertiary/aromatic N) is 2. The summed E-state index contributed by atoms with van der Waals surface area (Å²) in [6, 6.07) is 8.14. The normalized spacial score (nSPS) is 18.2. The minimum atomic E-state index is 0.651. The minimum absolute atomic E-state index is 0.651. The smallest absolute Gasteiger partial charge is 0.0426 e. The minimum Gasteiger partial charge on any atom is -0.369 e. The quantitative estimate of drug-likeness (QED) is 0.876. The second kappa shape index (κ2) is 7.87. The van der Waals surface area contributed by atoms with Crippen molar-refractivity contribution in [2.45, 2.75) is 19.8 Å². The molecule has 2 rings (SSSR count). The van der Waals surface area contributed by atoms with Crippen LogP contribution in [0, 0.1) is 5.92 Å². The molecule has 1 aliphatic heterocycles. The second-order valence-electron chi connectivity index (χ2n) is 5.66. The summed E-state index contributed by atoms with van der Waals surface area (Å²) in [5.74, 6) is 0.651. The van der Waals surface area contributed by atoms with E-state index in [1.165, 1.54) is 18.5 Å². The van der Waals surface area contributed by atoms with Gasteiger partial charge < -0.3 is 10.6 Å². The van der Waals surface area contributed by atoms with Crippen LogP contribution in [0.4, 0.5) is 5.69 Å². The standard InChI is InChI=1S/C16H26ClN3/c1-2-4-14(12-18)13-19-7-9-20(10-8-19)16-6-3-5-15(17)11-16/h3,5-6,11,14H,2,4,7-10,12-13,18H2,1H3.